The topological polar surface area (TPSA) is 111 Å². The van der Waals surface area contributed by atoms with E-state index in [0.29, 0.717) is 13.2 Å². The Balaban J connectivity index is 1.55. The van der Waals surface area contributed by atoms with E-state index in [0.717, 1.165) is 25.0 Å². The number of methoxy groups -OCH3 is 1. The lowest BCUT2D eigenvalue weighted by Gasteiger charge is -2.28. The van der Waals surface area contributed by atoms with Gasteiger partial charge >= 0.3 is 6.03 Å². The molecule has 9 heteroatoms. The summed E-state index contributed by atoms with van der Waals surface area (Å²) in [6, 6.07) is -0.474. The van der Waals surface area contributed by atoms with E-state index in [1.165, 1.54) is 0 Å². The Morgan fingerprint density at radius 2 is 2.35 bits per heavy atom. The van der Waals surface area contributed by atoms with Crippen molar-refractivity contribution in [2.24, 2.45) is 0 Å². The van der Waals surface area contributed by atoms with Crippen molar-refractivity contribution in [2.75, 3.05) is 13.7 Å². The number of aliphatic hydroxyl groups excluding tert-OH is 1. The van der Waals surface area contributed by atoms with Gasteiger partial charge in [0.2, 0.25) is 0 Å². The van der Waals surface area contributed by atoms with E-state index in [-0.39, 0.29) is 24.8 Å². The van der Waals surface area contributed by atoms with Crippen LogP contribution in [0.15, 0.2) is 6.20 Å². The molecule has 1 aliphatic carbocycles. The molecule has 23 heavy (non-hydrogen) atoms. The molecule has 1 aromatic heterocycles. The monoisotopic (exact) mass is 325 g/mol. The number of carbonyl (C=O) groups is 1. The summed E-state index contributed by atoms with van der Waals surface area (Å²) < 4.78 is 12.2. The van der Waals surface area contributed by atoms with Crippen LogP contribution in [0.1, 0.15) is 25.0 Å². The molecule has 2 fully saturated rings. The third-order valence-electron chi connectivity index (χ3n) is 4.28. The predicted molar refractivity (Wildman–Crippen MR) is 79.6 cm³/mol. The number of ether oxygens (including phenoxy) is 2. The first-order chi connectivity index (χ1) is 11.2. The average molecular weight is 325 g/mol. The summed E-state index contributed by atoms with van der Waals surface area (Å²) in [4.78, 5) is 12.0. The predicted octanol–water partition coefficient (Wildman–Crippen LogP) is -0.595. The minimum absolute atomic E-state index is 0.193. The van der Waals surface area contributed by atoms with Gasteiger partial charge in [-0.3, -0.25) is 0 Å². The van der Waals surface area contributed by atoms with Crippen molar-refractivity contribution >= 4 is 6.03 Å². The highest BCUT2D eigenvalue weighted by Crippen LogP contribution is 2.19. The van der Waals surface area contributed by atoms with Crippen LogP contribution in [-0.2, 0) is 22.6 Å². The minimum Gasteiger partial charge on any atom is -0.388 e. The molecule has 9 nitrogen and oxygen atoms in total. The van der Waals surface area contributed by atoms with Crippen molar-refractivity contribution in [3.05, 3.63) is 11.9 Å². The summed E-state index contributed by atoms with van der Waals surface area (Å²) in [7, 11) is 1.59. The molecule has 3 atom stereocenters. The lowest BCUT2D eigenvalue weighted by atomic mass is 9.93. The second-order valence-electron chi connectivity index (χ2n) is 6.08. The Bertz CT molecular complexity index is 533. The summed E-state index contributed by atoms with van der Waals surface area (Å²) in [6.45, 7) is 0.987. The van der Waals surface area contributed by atoms with Gasteiger partial charge in [0.05, 0.1) is 32.0 Å². The molecule has 2 heterocycles. The van der Waals surface area contributed by atoms with Crippen LogP contribution in [0.25, 0.3) is 0 Å². The summed E-state index contributed by atoms with van der Waals surface area (Å²) in [5.74, 6) is 0. The average Bonchev–Trinajstić information content (AvgIpc) is 3.05. The van der Waals surface area contributed by atoms with Gasteiger partial charge < -0.3 is 25.2 Å². The van der Waals surface area contributed by atoms with E-state index in [1.54, 1.807) is 18.0 Å². The Labute approximate surface area is 134 Å². The van der Waals surface area contributed by atoms with Crippen LogP contribution in [0.3, 0.4) is 0 Å². The summed E-state index contributed by atoms with van der Waals surface area (Å²) in [6.07, 6.45) is 3.87. The maximum absolute atomic E-state index is 12.0. The molecule has 1 saturated heterocycles. The summed E-state index contributed by atoms with van der Waals surface area (Å²) in [5, 5.41) is 23.8. The molecule has 3 rings (SSSR count). The molecule has 2 aliphatic rings. The van der Waals surface area contributed by atoms with E-state index < -0.39 is 12.1 Å². The zero-order valence-corrected chi connectivity index (χ0v) is 13.1. The quantitative estimate of drug-likeness (QED) is 0.644. The molecule has 1 aliphatic heterocycles. The maximum Gasteiger partial charge on any atom is 0.315 e. The Hall–Kier alpha value is -1.71. The number of carbonyl (C=O) groups excluding carboxylic acids is 1. The Kier molecular flexibility index (Phi) is 5.09. The molecule has 1 aromatic rings. The fourth-order valence-electron chi connectivity index (χ4n) is 2.79. The van der Waals surface area contributed by atoms with Gasteiger partial charge in [0.25, 0.3) is 0 Å². The molecule has 0 bridgehead atoms. The van der Waals surface area contributed by atoms with Crippen molar-refractivity contribution in [3.63, 3.8) is 0 Å². The van der Waals surface area contributed by atoms with Gasteiger partial charge in [0.1, 0.15) is 17.9 Å². The fraction of sp³-hybridized carbons (Fsp3) is 0.786. The van der Waals surface area contributed by atoms with Gasteiger partial charge in [-0.15, -0.1) is 5.10 Å². The second kappa shape index (κ2) is 7.24. The SMILES string of the molecule is COCc1cn(C[C@H]2OC[C@H](O)[C@H]2NC(=O)NC2CCC2)nn1. The first-order valence-corrected chi connectivity index (χ1v) is 7.90. The van der Waals surface area contributed by atoms with Crippen LogP contribution in [0.5, 0.6) is 0 Å². The first-order valence-electron chi connectivity index (χ1n) is 7.90. The standard InChI is InChI=1S/C14H23N5O4/c1-22-7-10-5-19(18-17-10)6-12-13(11(20)8-23-12)16-14(21)15-9-3-2-4-9/h5,9,11-13,20H,2-4,6-8H2,1H3,(H2,15,16,21)/t11-,12+,13+/m0/s1. The molecule has 1 saturated carbocycles. The van der Waals surface area contributed by atoms with E-state index in [4.69, 9.17) is 9.47 Å². The Morgan fingerprint density at radius 3 is 3.04 bits per heavy atom. The molecular weight excluding hydrogens is 302 g/mol. The van der Waals surface area contributed by atoms with Crippen molar-refractivity contribution < 1.29 is 19.4 Å². The zero-order chi connectivity index (χ0) is 16.2. The molecule has 2 amide bonds. The summed E-state index contributed by atoms with van der Waals surface area (Å²) in [5.41, 5.74) is 0.721. The van der Waals surface area contributed by atoms with E-state index in [9.17, 15) is 9.90 Å². The van der Waals surface area contributed by atoms with Crippen molar-refractivity contribution in [2.45, 2.75) is 56.7 Å². The number of amides is 2. The number of nitrogens with zero attached hydrogens (tertiary/aromatic N) is 3. The summed E-state index contributed by atoms with van der Waals surface area (Å²) >= 11 is 0. The van der Waals surface area contributed by atoms with E-state index >= 15 is 0 Å². The molecule has 128 valence electrons. The smallest absolute Gasteiger partial charge is 0.315 e. The third-order valence-corrected chi connectivity index (χ3v) is 4.28. The number of rotatable bonds is 6. The molecule has 3 N–H and O–H groups in total. The second-order valence-corrected chi connectivity index (χ2v) is 6.08. The van der Waals surface area contributed by atoms with Crippen LogP contribution in [0, 0.1) is 0 Å². The van der Waals surface area contributed by atoms with Gasteiger partial charge in [-0.25, -0.2) is 9.48 Å². The number of urea groups is 1. The minimum atomic E-state index is -0.728. The van der Waals surface area contributed by atoms with E-state index in [1.807, 2.05) is 0 Å². The van der Waals surface area contributed by atoms with Crippen molar-refractivity contribution in [1.82, 2.24) is 25.6 Å². The number of aromatic nitrogens is 3. The van der Waals surface area contributed by atoms with Gasteiger partial charge in [-0.05, 0) is 19.3 Å². The van der Waals surface area contributed by atoms with Gasteiger partial charge in [-0.1, -0.05) is 5.21 Å². The third kappa shape index (κ3) is 3.98. The van der Waals surface area contributed by atoms with Crippen molar-refractivity contribution in [1.29, 1.82) is 0 Å². The highest BCUT2D eigenvalue weighted by atomic mass is 16.5. The van der Waals surface area contributed by atoms with Crippen LogP contribution < -0.4 is 10.6 Å². The van der Waals surface area contributed by atoms with Gasteiger partial charge in [0, 0.05) is 13.2 Å². The lowest BCUT2D eigenvalue weighted by Crippen LogP contribution is -2.54. The van der Waals surface area contributed by atoms with Crippen LogP contribution in [0.4, 0.5) is 4.79 Å². The van der Waals surface area contributed by atoms with E-state index in [2.05, 4.69) is 20.9 Å². The van der Waals surface area contributed by atoms with Crippen LogP contribution in [-0.4, -0.2) is 64.1 Å². The highest BCUT2D eigenvalue weighted by molar-refractivity contribution is 5.74. The number of aliphatic hydroxyl groups is 1. The molecular formula is C14H23N5O4. The molecule has 0 radical (unpaired) electrons. The molecule has 0 spiro atoms. The maximum atomic E-state index is 12.0. The van der Waals surface area contributed by atoms with Gasteiger partial charge in [-0.2, -0.15) is 0 Å². The largest absolute Gasteiger partial charge is 0.388 e. The molecule has 0 aromatic carbocycles. The lowest BCUT2D eigenvalue weighted by molar-refractivity contribution is 0.0746. The number of hydrogen-bond acceptors (Lipinski definition) is 6. The zero-order valence-electron chi connectivity index (χ0n) is 13.1. The Morgan fingerprint density at radius 1 is 1.52 bits per heavy atom. The number of hydrogen-bond donors (Lipinski definition) is 3. The normalized spacial score (nSPS) is 27.7. The van der Waals surface area contributed by atoms with Gasteiger partial charge in [0.15, 0.2) is 0 Å². The van der Waals surface area contributed by atoms with Crippen LogP contribution >= 0.6 is 0 Å². The number of nitrogens with one attached hydrogen (secondary N) is 2. The fourth-order valence-corrected chi connectivity index (χ4v) is 2.79. The van der Waals surface area contributed by atoms with Crippen molar-refractivity contribution in [3.8, 4) is 0 Å². The first kappa shape index (κ1) is 16.2. The highest BCUT2D eigenvalue weighted by Gasteiger charge is 2.38. The van der Waals surface area contributed by atoms with Crippen LogP contribution in [0.2, 0.25) is 0 Å². The molecule has 0 unspecified atom stereocenters.